The fraction of sp³-hybridized carbons (Fsp3) is 0.639. The number of nitrogens with zero attached hydrogens (tertiary/aromatic N) is 4. The van der Waals surface area contributed by atoms with Gasteiger partial charge in [-0.25, -0.2) is 13.9 Å². The van der Waals surface area contributed by atoms with Gasteiger partial charge < -0.3 is 19.7 Å². The summed E-state index contributed by atoms with van der Waals surface area (Å²) < 4.78 is 56.8. The summed E-state index contributed by atoms with van der Waals surface area (Å²) in [6, 6.07) is 2.49. The van der Waals surface area contributed by atoms with Gasteiger partial charge in [0.1, 0.15) is 23.3 Å². The van der Waals surface area contributed by atoms with Crippen LogP contribution in [0.25, 0.3) is 11.0 Å². The fourth-order valence-corrected chi connectivity index (χ4v) is 7.67. The van der Waals surface area contributed by atoms with Gasteiger partial charge >= 0.3 is 16.3 Å². The van der Waals surface area contributed by atoms with Crippen molar-refractivity contribution >= 4 is 44.9 Å². The van der Waals surface area contributed by atoms with E-state index in [1.807, 2.05) is 26.0 Å². The summed E-state index contributed by atoms with van der Waals surface area (Å²) in [6.45, 7) is 8.90. The van der Waals surface area contributed by atoms with Gasteiger partial charge in [0.2, 0.25) is 11.8 Å². The summed E-state index contributed by atoms with van der Waals surface area (Å²) in [5.41, 5.74) is -1.50. The van der Waals surface area contributed by atoms with Crippen LogP contribution in [0.1, 0.15) is 92.0 Å². The first-order valence-electron chi connectivity index (χ1n) is 17.9. The number of amides is 3. The van der Waals surface area contributed by atoms with Gasteiger partial charge in [0.25, 0.3) is 6.01 Å². The highest BCUT2D eigenvalue weighted by atomic mass is 32.2. The van der Waals surface area contributed by atoms with Gasteiger partial charge in [-0.15, -0.1) is 0 Å². The van der Waals surface area contributed by atoms with Crippen LogP contribution < -0.4 is 14.8 Å². The maximum atomic E-state index is 14.8. The van der Waals surface area contributed by atoms with E-state index in [1.165, 1.54) is 25.1 Å². The second-order valence-corrected chi connectivity index (χ2v) is 17.4. The number of ketones is 1. The number of halogens is 1. The number of aromatic nitrogens is 2. The van der Waals surface area contributed by atoms with Crippen molar-refractivity contribution in [3.05, 3.63) is 36.2 Å². The smallest absolute Gasteiger partial charge is 0.408 e. The molecule has 0 bridgehead atoms. The van der Waals surface area contributed by atoms with Crippen LogP contribution in [0.15, 0.2) is 30.4 Å². The molecule has 0 unspecified atom stereocenters. The number of hydrogen-bond acceptors (Lipinski definition) is 9. The van der Waals surface area contributed by atoms with Gasteiger partial charge in [0, 0.05) is 33.0 Å². The lowest BCUT2D eigenvalue weighted by Gasteiger charge is -2.30. The Balaban J connectivity index is 1.50. The van der Waals surface area contributed by atoms with Crippen LogP contribution in [-0.2, 0) is 29.3 Å². The highest BCUT2D eigenvalue weighted by Gasteiger charge is 2.61. The lowest BCUT2D eigenvalue weighted by Crippen LogP contribution is -2.53. The van der Waals surface area contributed by atoms with Gasteiger partial charge in [-0.1, -0.05) is 31.1 Å². The lowest BCUT2D eigenvalue weighted by molar-refractivity contribution is -0.140. The van der Waals surface area contributed by atoms with Crippen LogP contribution in [0.2, 0.25) is 0 Å². The molecule has 3 amide bonds. The molecule has 0 radical (unpaired) electrons. The second kappa shape index (κ2) is 15.1. The summed E-state index contributed by atoms with van der Waals surface area (Å²) in [4.78, 5) is 61.3. The Hall–Kier alpha value is -4.05. The zero-order valence-corrected chi connectivity index (χ0v) is 31.8. The van der Waals surface area contributed by atoms with Crippen molar-refractivity contribution in [3.63, 3.8) is 0 Å². The van der Waals surface area contributed by atoms with Gasteiger partial charge in [0.05, 0.1) is 23.5 Å². The highest BCUT2D eigenvalue weighted by Crippen LogP contribution is 2.57. The minimum absolute atomic E-state index is 0.0295. The Kier molecular flexibility index (Phi) is 11.4. The molecule has 5 atom stereocenters. The van der Waals surface area contributed by atoms with E-state index in [9.17, 15) is 32.0 Å². The van der Waals surface area contributed by atoms with Crippen molar-refractivity contribution in [2.45, 2.75) is 116 Å². The quantitative estimate of drug-likeness (QED) is 0.390. The minimum Gasteiger partial charge on any atom is -0.459 e. The molecule has 0 spiro atoms. The molecule has 1 aromatic heterocycles. The van der Waals surface area contributed by atoms with Crippen LogP contribution in [0.4, 0.5) is 9.18 Å². The first-order valence-corrected chi connectivity index (χ1v) is 19.3. The maximum Gasteiger partial charge on any atom is 0.408 e. The third kappa shape index (κ3) is 8.59. The van der Waals surface area contributed by atoms with E-state index >= 15 is 0 Å². The average Bonchev–Trinajstić information content (AvgIpc) is 3.36. The number of allylic oxidation sites excluding steroid dienone is 2. The molecule has 1 aliphatic carbocycles. The van der Waals surface area contributed by atoms with Crippen molar-refractivity contribution < 1.29 is 41.5 Å². The predicted octanol–water partition coefficient (Wildman–Crippen LogP) is 4.41. The number of imidazole rings is 1. The number of carbonyl (C=O) groups excluding carboxylic acids is 4. The fourth-order valence-electron chi connectivity index (χ4n) is 7.05. The number of fused-ring (bicyclic) bond motifs is 3. The monoisotopic (exact) mass is 746 g/mol. The number of carbonyl (C=O) groups is 4. The molecule has 3 heterocycles. The van der Waals surface area contributed by atoms with Crippen LogP contribution >= 0.6 is 0 Å². The van der Waals surface area contributed by atoms with E-state index < -0.39 is 68.9 Å². The first kappa shape index (κ1) is 39.2. The number of alkyl carbamates (subject to hydrolysis) is 1. The van der Waals surface area contributed by atoms with Gasteiger partial charge in [-0.05, 0) is 78.4 Å². The van der Waals surface area contributed by atoms with E-state index in [4.69, 9.17) is 9.47 Å². The maximum absolute atomic E-state index is 14.8. The van der Waals surface area contributed by atoms with Crippen LogP contribution in [0.5, 0.6) is 6.01 Å². The van der Waals surface area contributed by atoms with Gasteiger partial charge in [0.15, 0.2) is 11.6 Å². The number of ether oxygens (including phenoxy) is 2. The normalized spacial score (nSPS) is 26.7. The Morgan fingerprint density at radius 2 is 1.87 bits per heavy atom. The number of benzene rings is 1. The molecule has 2 aliphatic heterocycles. The Morgan fingerprint density at radius 3 is 2.54 bits per heavy atom. The predicted molar refractivity (Wildman–Crippen MR) is 191 cm³/mol. The molecule has 1 saturated heterocycles. The molecule has 16 heteroatoms. The van der Waals surface area contributed by atoms with Crippen molar-refractivity contribution in [1.82, 2.24) is 28.8 Å². The molecule has 2 aromatic rings. The molecule has 5 rings (SSSR count). The van der Waals surface area contributed by atoms with Crippen LogP contribution in [-0.4, -0.2) is 95.3 Å². The van der Waals surface area contributed by atoms with Crippen molar-refractivity contribution in [1.29, 1.82) is 0 Å². The van der Waals surface area contributed by atoms with Gasteiger partial charge in [-0.2, -0.15) is 17.7 Å². The third-order valence-electron chi connectivity index (χ3n) is 9.84. The standard InChI is InChI=1S/C36H51FN6O8S/c1-22(2)43-27-17-13-15-25(37)30(27)39-33(43)50-24-18-28-29(44)20-36(32(46)40-52(48,49)41(6)7)19-23(36)14-11-9-8-10-12-16-26(31(45)42(28)21-24)38-34(47)51-35(3,4)5/h11,13-15,17,22-24,26,28H,8-10,12,16,18-21H2,1-7H3,(H,38,47)(H,40,46)/b14-11-/t23-,24+,26-,28-,36+/m0/s1. The molecule has 3 aliphatic rings. The van der Waals surface area contributed by atoms with E-state index in [2.05, 4.69) is 15.0 Å². The van der Waals surface area contributed by atoms with Crippen molar-refractivity contribution in [2.24, 2.45) is 11.3 Å². The van der Waals surface area contributed by atoms with Crippen LogP contribution in [0.3, 0.4) is 0 Å². The Labute approximate surface area is 304 Å². The topological polar surface area (TPSA) is 169 Å². The number of hydrogen-bond donors (Lipinski definition) is 2. The summed E-state index contributed by atoms with van der Waals surface area (Å²) in [7, 11) is -1.55. The third-order valence-corrected chi connectivity index (χ3v) is 11.2. The molecule has 1 aromatic carbocycles. The van der Waals surface area contributed by atoms with E-state index in [0.717, 1.165) is 17.1 Å². The number of para-hydroxylation sites is 1. The molecule has 2 fully saturated rings. The molecule has 14 nitrogen and oxygen atoms in total. The zero-order valence-electron chi connectivity index (χ0n) is 31.0. The zero-order chi connectivity index (χ0) is 38.2. The molecular weight excluding hydrogens is 695 g/mol. The summed E-state index contributed by atoms with van der Waals surface area (Å²) in [6.07, 6.45) is 5.38. The number of Topliss-reactive ketones (excluding diaryl/α,β-unsaturated/α-hetero) is 1. The average molecular weight is 747 g/mol. The molecule has 1 saturated carbocycles. The van der Waals surface area contributed by atoms with Crippen molar-refractivity contribution in [3.8, 4) is 6.01 Å². The van der Waals surface area contributed by atoms with Gasteiger partial charge in [-0.3, -0.25) is 19.0 Å². The molecule has 2 N–H and O–H groups in total. The summed E-state index contributed by atoms with van der Waals surface area (Å²) in [5, 5.41) is 2.72. The second-order valence-electron chi connectivity index (χ2n) is 15.5. The summed E-state index contributed by atoms with van der Waals surface area (Å²) in [5.74, 6) is -2.63. The van der Waals surface area contributed by atoms with E-state index in [0.29, 0.717) is 24.8 Å². The largest absolute Gasteiger partial charge is 0.459 e. The molecular formula is C36H51FN6O8S. The Morgan fingerprint density at radius 1 is 1.13 bits per heavy atom. The minimum atomic E-state index is -4.14. The van der Waals surface area contributed by atoms with Crippen LogP contribution in [0, 0.1) is 17.2 Å². The Bertz CT molecular complexity index is 1840. The SMILES string of the molecule is CC(C)n1c(O[C@@H]2C[C@H]3C(=O)C[C@]4(C(=O)NS(=O)(=O)N(C)C)C[C@@H]4/C=C\CCCCC[C@H](NC(=O)OC(C)(C)C)C(=O)N3C2)nc2c(F)cccc21. The van der Waals surface area contributed by atoms with E-state index in [-0.39, 0.29) is 49.3 Å². The first-order chi connectivity index (χ1) is 24.3. The highest BCUT2D eigenvalue weighted by molar-refractivity contribution is 7.87. The number of rotatable bonds is 7. The molecule has 52 heavy (non-hydrogen) atoms. The van der Waals surface area contributed by atoms with Crippen molar-refractivity contribution in [2.75, 3.05) is 20.6 Å². The molecule has 286 valence electrons. The summed E-state index contributed by atoms with van der Waals surface area (Å²) >= 11 is 0. The lowest BCUT2D eigenvalue weighted by atomic mass is 9.91. The number of nitrogens with one attached hydrogen (secondary N) is 2. The van der Waals surface area contributed by atoms with E-state index in [1.54, 1.807) is 37.5 Å².